The smallest absolute Gasteiger partial charge is 0.407 e. The second-order valence-corrected chi connectivity index (χ2v) is 5.99. The Morgan fingerprint density at radius 3 is 2.50 bits per heavy atom. The van der Waals surface area contributed by atoms with Gasteiger partial charge in [0, 0.05) is 27.2 Å². The Hall–Kier alpha value is -1.59. The first-order chi connectivity index (χ1) is 10.8. The number of carbonyl (C=O) groups is 1. The highest BCUT2D eigenvalue weighted by Crippen LogP contribution is 2.06. The van der Waals surface area contributed by atoms with E-state index in [0.717, 1.165) is 12.2 Å². The maximum absolute atomic E-state index is 11.5. The van der Waals surface area contributed by atoms with E-state index in [1.54, 1.807) is 13.4 Å². The summed E-state index contributed by atoms with van der Waals surface area (Å²) in [6.07, 6.45) is 2.00. The number of aromatic nitrogens is 3. The van der Waals surface area contributed by atoms with Gasteiger partial charge in [0.1, 0.15) is 11.9 Å². The summed E-state index contributed by atoms with van der Waals surface area (Å²) in [5.41, 5.74) is -0.478. The van der Waals surface area contributed by atoms with Crippen molar-refractivity contribution in [1.29, 1.82) is 0 Å². The average Bonchev–Trinajstić information content (AvgIpc) is 2.85. The van der Waals surface area contributed by atoms with E-state index in [9.17, 15) is 4.79 Å². The van der Waals surface area contributed by atoms with Gasteiger partial charge in [-0.3, -0.25) is 4.99 Å². The summed E-state index contributed by atoms with van der Waals surface area (Å²) in [6.45, 7) is 7.24. The van der Waals surface area contributed by atoms with Gasteiger partial charge in [0.05, 0.1) is 6.54 Å². The van der Waals surface area contributed by atoms with Crippen LogP contribution in [-0.4, -0.2) is 52.6 Å². The minimum Gasteiger partial charge on any atom is -0.444 e. The van der Waals surface area contributed by atoms with Crippen LogP contribution < -0.4 is 16.0 Å². The Bertz CT molecular complexity index is 525. The number of guanidine groups is 1. The number of ether oxygens (including phenoxy) is 1. The number of nitrogens with one attached hydrogen (secondary N) is 3. The number of aryl methyl sites for hydroxylation is 1. The Morgan fingerprint density at radius 2 is 1.96 bits per heavy atom. The van der Waals surface area contributed by atoms with Gasteiger partial charge in [-0.25, -0.2) is 4.79 Å². The Balaban J connectivity index is 0.00000529. The van der Waals surface area contributed by atoms with Gasteiger partial charge in [0.2, 0.25) is 0 Å². The van der Waals surface area contributed by atoms with Gasteiger partial charge in [-0.05, 0) is 27.2 Å². The van der Waals surface area contributed by atoms with Gasteiger partial charge in [-0.1, -0.05) is 0 Å². The van der Waals surface area contributed by atoms with Crippen molar-refractivity contribution in [3.05, 3.63) is 12.2 Å². The Morgan fingerprint density at radius 1 is 1.29 bits per heavy atom. The lowest BCUT2D eigenvalue weighted by Crippen LogP contribution is -2.39. The molecule has 1 rings (SSSR count). The largest absolute Gasteiger partial charge is 0.444 e. The molecule has 24 heavy (non-hydrogen) atoms. The average molecular weight is 453 g/mol. The molecule has 0 aromatic carbocycles. The summed E-state index contributed by atoms with van der Waals surface area (Å²) in [7, 11) is 3.58. The van der Waals surface area contributed by atoms with Crippen molar-refractivity contribution < 1.29 is 9.53 Å². The highest BCUT2D eigenvalue weighted by atomic mass is 127. The Labute approximate surface area is 160 Å². The topological polar surface area (TPSA) is 105 Å². The minimum atomic E-state index is -0.478. The molecule has 9 nitrogen and oxygen atoms in total. The summed E-state index contributed by atoms with van der Waals surface area (Å²) < 4.78 is 6.99. The lowest BCUT2D eigenvalue weighted by Gasteiger charge is -2.19. The van der Waals surface area contributed by atoms with Crippen LogP contribution in [-0.2, 0) is 18.3 Å². The van der Waals surface area contributed by atoms with Crippen molar-refractivity contribution in [2.75, 3.05) is 20.1 Å². The molecule has 3 N–H and O–H groups in total. The fraction of sp³-hybridized carbons (Fsp3) is 0.714. The summed E-state index contributed by atoms with van der Waals surface area (Å²) in [4.78, 5) is 15.6. The number of hydrogen-bond acceptors (Lipinski definition) is 5. The monoisotopic (exact) mass is 453 g/mol. The molecule has 0 spiro atoms. The maximum atomic E-state index is 11.5. The molecule has 0 unspecified atom stereocenters. The molecular formula is C14H28IN7O2. The van der Waals surface area contributed by atoms with Crippen molar-refractivity contribution in [2.24, 2.45) is 12.0 Å². The SMILES string of the molecule is CN=C(NCCCNC(=O)OC(C)(C)C)NCc1nncn1C.I. The first kappa shape index (κ1) is 22.4. The maximum Gasteiger partial charge on any atom is 0.407 e. The zero-order valence-electron chi connectivity index (χ0n) is 14.9. The number of nitrogens with zero attached hydrogens (tertiary/aromatic N) is 4. The zero-order chi connectivity index (χ0) is 17.3. The van der Waals surface area contributed by atoms with Crippen molar-refractivity contribution in [2.45, 2.75) is 39.3 Å². The number of carbonyl (C=O) groups excluding carboxylic acids is 1. The highest BCUT2D eigenvalue weighted by Gasteiger charge is 2.15. The zero-order valence-corrected chi connectivity index (χ0v) is 17.2. The summed E-state index contributed by atoms with van der Waals surface area (Å²) in [5, 5.41) is 16.8. The number of halogens is 1. The van der Waals surface area contributed by atoms with Crippen LogP contribution in [0.1, 0.15) is 33.0 Å². The number of alkyl carbamates (subject to hydrolysis) is 1. The van der Waals surface area contributed by atoms with Crippen molar-refractivity contribution in [1.82, 2.24) is 30.7 Å². The second kappa shape index (κ2) is 11.0. The van der Waals surface area contributed by atoms with E-state index in [0.29, 0.717) is 25.6 Å². The summed E-state index contributed by atoms with van der Waals surface area (Å²) in [5.74, 6) is 1.49. The normalized spacial score (nSPS) is 11.5. The van der Waals surface area contributed by atoms with Crippen LogP contribution in [0.15, 0.2) is 11.3 Å². The molecule has 1 heterocycles. The molecule has 0 saturated heterocycles. The van der Waals surface area contributed by atoms with Crippen molar-refractivity contribution >= 4 is 36.0 Å². The predicted molar refractivity (Wildman–Crippen MR) is 103 cm³/mol. The third-order valence-electron chi connectivity index (χ3n) is 2.76. The molecule has 10 heteroatoms. The molecule has 0 aliphatic carbocycles. The fourth-order valence-electron chi connectivity index (χ4n) is 1.65. The van der Waals surface area contributed by atoms with Crippen LogP contribution >= 0.6 is 24.0 Å². The van der Waals surface area contributed by atoms with Crippen LogP contribution in [0.4, 0.5) is 4.79 Å². The molecule has 0 aliphatic rings. The van der Waals surface area contributed by atoms with Crippen LogP contribution in [0.2, 0.25) is 0 Å². The molecular weight excluding hydrogens is 425 g/mol. The standard InChI is InChI=1S/C14H27N7O2.HI/c1-14(2,3)23-13(22)17-8-6-7-16-12(15-4)18-9-11-20-19-10-21(11)5;/h10H,6-9H2,1-5H3,(H,17,22)(H2,15,16,18);1H. The number of aliphatic imine (C=N–C) groups is 1. The first-order valence-electron chi connectivity index (χ1n) is 7.56. The van der Waals surface area contributed by atoms with Crippen LogP contribution in [0.25, 0.3) is 0 Å². The first-order valence-corrected chi connectivity index (χ1v) is 7.56. The van der Waals surface area contributed by atoms with E-state index in [1.807, 2.05) is 32.4 Å². The van der Waals surface area contributed by atoms with Crippen LogP contribution in [0.5, 0.6) is 0 Å². The lowest BCUT2D eigenvalue weighted by molar-refractivity contribution is 0.0527. The van der Waals surface area contributed by atoms with Gasteiger partial charge < -0.3 is 25.3 Å². The molecule has 0 saturated carbocycles. The van der Waals surface area contributed by atoms with E-state index in [4.69, 9.17) is 4.74 Å². The van der Waals surface area contributed by atoms with E-state index >= 15 is 0 Å². The van der Waals surface area contributed by atoms with Gasteiger partial charge in [0.15, 0.2) is 11.8 Å². The molecule has 1 amide bonds. The molecule has 1 aromatic rings. The van der Waals surface area contributed by atoms with Gasteiger partial charge in [-0.2, -0.15) is 0 Å². The molecule has 0 atom stereocenters. The third kappa shape index (κ3) is 9.53. The summed E-state index contributed by atoms with van der Waals surface area (Å²) >= 11 is 0. The second-order valence-electron chi connectivity index (χ2n) is 5.99. The van der Waals surface area contributed by atoms with Crippen LogP contribution in [0, 0.1) is 0 Å². The van der Waals surface area contributed by atoms with E-state index in [-0.39, 0.29) is 24.0 Å². The predicted octanol–water partition coefficient (Wildman–Crippen LogP) is 1.01. The van der Waals surface area contributed by atoms with Gasteiger partial charge >= 0.3 is 6.09 Å². The van der Waals surface area contributed by atoms with E-state index in [2.05, 4.69) is 31.1 Å². The van der Waals surface area contributed by atoms with E-state index in [1.165, 1.54) is 0 Å². The highest BCUT2D eigenvalue weighted by molar-refractivity contribution is 14.0. The van der Waals surface area contributed by atoms with Crippen molar-refractivity contribution in [3.63, 3.8) is 0 Å². The van der Waals surface area contributed by atoms with Crippen LogP contribution in [0.3, 0.4) is 0 Å². The number of hydrogen-bond donors (Lipinski definition) is 3. The van der Waals surface area contributed by atoms with Gasteiger partial charge in [0.25, 0.3) is 0 Å². The van der Waals surface area contributed by atoms with Gasteiger partial charge in [-0.15, -0.1) is 34.2 Å². The minimum absolute atomic E-state index is 0. The molecule has 0 bridgehead atoms. The fourth-order valence-corrected chi connectivity index (χ4v) is 1.65. The summed E-state index contributed by atoms with van der Waals surface area (Å²) in [6, 6.07) is 0. The molecule has 1 aromatic heterocycles. The number of rotatable bonds is 6. The molecule has 0 radical (unpaired) electrons. The van der Waals surface area contributed by atoms with E-state index < -0.39 is 11.7 Å². The molecule has 0 aliphatic heterocycles. The number of amides is 1. The lowest BCUT2D eigenvalue weighted by atomic mass is 10.2. The molecule has 0 fully saturated rings. The third-order valence-corrected chi connectivity index (χ3v) is 2.76. The van der Waals surface area contributed by atoms with Crippen molar-refractivity contribution in [3.8, 4) is 0 Å². The quantitative estimate of drug-likeness (QED) is 0.257. The Kier molecular flexibility index (Phi) is 10.3. The molecule has 138 valence electrons.